The van der Waals surface area contributed by atoms with Crippen LogP contribution in [0.4, 0.5) is 20.5 Å². The number of carbonyl (C=O) groups excluding carboxylic acids is 4. The standard InChI is InChI=1S/C65H80ClF2N9O10S/c1-5-56(80)75-25-27-76(28-26-75)62-48-39-49(66)58(59-50(67)17-11-19-53(59)78)60(68)61(48)72-65(73-62)70-23-22-57(81)74(4)29-30-83-31-32-84-33-34-85-35-36-86-37-38-87-55-21-20-45(44-15-9-10-16-46(44)55)51-41-88-63(71-51)52-18-12-24-77(52)64(82)47(40-54(79)42(2)69-3)43-13-7-6-8-14-43/h5,9-11,15-17,19-21,39,41-43,47,52,69,78H,1,6-8,12-14,18,22-38,40H2,2-4H3,(H,70,72,73)/t42-,47-,52-/m0/s1. The SMILES string of the molecule is C=CC(=O)N1CCN(c2nc(NCCC(=O)N(C)CCOCCOCCOCCOCCOc3ccc(-c4csc([C@@H]5CCCN5C(=O)[C@@H](CC(=O)[C@H](C)NC)C5CCCCC5)n4)c4ccccc34)nc3c(F)c(-c4c(O)cccc4F)c(Cl)cc23)CC1. The number of nitrogens with zero attached hydrogens (tertiary/aromatic N) is 7. The summed E-state index contributed by atoms with van der Waals surface area (Å²) >= 11 is 8.19. The molecule has 4 heterocycles. The van der Waals surface area contributed by atoms with Crippen molar-refractivity contribution in [1.82, 2.24) is 35.0 Å². The van der Waals surface area contributed by atoms with Crippen molar-refractivity contribution in [3.8, 4) is 33.9 Å². The summed E-state index contributed by atoms with van der Waals surface area (Å²) < 4.78 is 60.6. The Morgan fingerprint density at radius 2 is 1.51 bits per heavy atom. The predicted molar refractivity (Wildman–Crippen MR) is 337 cm³/mol. The Kier molecular flexibility index (Phi) is 23.8. The van der Waals surface area contributed by atoms with Crippen LogP contribution in [0, 0.1) is 23.5 Å². The minimum atomic E-state index is -0.961. The van der Waals surface area contributed by atoms with Crippen LogP contribution in [0.15, 0.2) is 78.7 Å². The van der Waals surface area contributed by atoms with Crippen molar-refractivity contribution in [3.05, 3.63) is 100 Å². The van der Waals surface area contributed by atoms with Gasteiger partial charge in [0.15, 0.2) is 5.82 Å². The summed E-state index contributed by atoms with van der Waals surface area (Å²) in [6.45, 7) is 11.2. The number of nitrogens with one attached hydrogen (secondary N) is 2. The number of ether oxygens (including phenoxy) is 5. The number of phenolic OH excluding ortho intramolecular Hbond substituents is 1. The molecule has 3 aliphatic rings. The van der Waals surface area contributed by atoms with Gasteiger partial charge in [0.1, 0.15) is 46.0 Å². The number of phenols is 1. The van der Waals surface area contributed by atoms with Gasteiger partial charge in [0.25, 0.3) is 0 Å². The summed E-state index contributed by atoms with van der Waals surface area (Å²) in [6.07, 6.45) is 8.74. The summed E-state index contributed by atoms with van der Waals surface area (Å²) in [4.78, 5) is 74.4. The average molecular weight is 1250 g/mol. The Bertz CT molecular complexity index is 3360. The Hall–Kier alpha value is -6.92. The molecule has 88 heavy (non-hydrogen) atoms. The van der Waals surface area contributed by atoms with Crippen molar-refractivity contribution in [2.24, 2.45) is 11.8 Å². The highest BCUT2D eigenvalue weighted by atomic mass is 35.5. The second kappa shape index (κ2) is 32.0. The number of thiazole rings is 1. The Balaban J connectivity index is 0.651. The summed E-state index contributed by atoms with van der Waals surface area (Å²) in [7, 11) is 3.46. The van der Waals surface area contributed by atoms with E-state index in [2.05, 4.69) is 33.6 Å². The molecule has 0 spiro atoms. The Morgan fingerprint density at radius 1 is 0.818 bits per heavy atom. The molecule has 3 N–H and O–H groups in total. The zero-order valence-corrected chi connectivity index (χ0v) is 52.0. The second-order valence-corrected chi connectivity index (χ2v) is 23.7. The number of aromatic nitrogens is 3. The average Bonchev–Trinajstić information content (AvgIpc) is 2.81. The van der Waals surface area contributed by atoms with Gasteiger partial charge in [-0.2, -0.15) is 4.98 Å². The summed E-state index contributed by atoms with van der Waals surface area (Å²) in [5.41, 5.74) is 0.925. The van der Waals surface area contributed by atoms with Gasteiger partial charge in [-0.1, -0.05) is 67.8 Å². The minimum Gasteiger partial charge on any atom is -0.507 e. The molecule has 2 saturated heterocycles. The van der Waals surface area contributed by atoms with Gasteiger partial charge in [0, 0.05) is 98.9 Å². The molecule has 2 aromatic heterocycles. The molecule has 0 radical (unpaired) electrons. The van der Waals surface area contributed by atoms with E-state index >= 15 is 8.78 Å². The fraction of sp³-hybridized carbons (Fsp3) is 0.492. The van der Waals surface area contributed by atoms with Crippen LogP contribution in [-0.2, 0) is 38.1 Å². The molecule has 3 fully saturated rings. The highest BCUT2D eigenvalue weighted by Crippen LogP contribution is 2.44. The topological polar surface area (TPSA) is 210 Å². The van der Waals surface area contributed by atoms with Gasteiger partial charge in [-0.05, 0) is 87.4 Å². The Morgan fingerprint density at radius 3 is 2.20 bits per heavy atom. The van der Waals surface area contributed by atoms with Gasteiger partial charge in [-0.25, -0.2) is 18.7 Å². The van der Waals surface area contributed by atoms with Crippen LogP contribution in [-0.4, -0.2) is 184 Å². The number of halogens is 3. The third kappa shape index (κ3) is 16.3. The Labute approximate surface area is 521 Å². The maximum Gasteiger partial charge on any atom is 0.246 e. The van der Waals surface area contributed by atoms with E-state index in [-0.39, 0.29) is 101 Å². The molecule has 6 aromatic rings. The number of anilines is 2. The number of hydrogen-bond acceptors (Lipinski definition) is 17. The van der Waals surface area contributed by atoms with E-state index in [0.717, 1.165) is 77.4 Å². The van der Waals surface area contributed by atoms with Gasteiger partial charge < -0.3 is 59.0 Å². The fourth-order valence-electron chi connectivity index (χ4n) is 11.8. The maximum atomic E-state index is 16.5. The second-order valence-electron chi connectivity index (χ2n) is 22.4. The number of ketones is 1. The number of hydrogen-bond donors (Lipinski definition) is 3. The van der Waals surface area contributed by atoms with E-state index < -0.39 is 22.9 Å². The molecular weight excluding hydrogens is 1170 g/mol. The quantitative estimate of drug-likeness (QED) is 0.0273. The number of likely N-dealkylation sites (N-methyl/N-ethyl adjacent to an activating group) is 2. The number of benzene rings is 4. The normalized spacial score (nSPS) is 16.3. The monoisotopic (exact) mass is 1250 g/mol. The largest absolute Gasteiger partial charge is 0.507 e. The van der Waals surface area contributed by atoms with Crippen molar-refractivity contribution in [1.29, 1.82) is 0 Å². The lowest BCUT2D eigenvalue weighted by Gasteiger charge is -2.35. The zero-order valence-electron chi connectivity index (χ0n) is 50.4. The van der Waals surface area contributed by atoms with E-state index in [0.29, 0.717) is 97.9 Å². The van der Waals surface area contributed by atoms with Crippen LogP contribution >= 0.6 is 22.9 Å². The molecule has 3 atom stereocenters. The molecule has 472 valence electrons. The zero-order chi connectivity index (χ0) is 62.1. The van der Waals surface area contributed by atoms with Gasteiger partial charge in [0.2, 0.25) is 23.7 Å². The van der Waals surface area contributed by atoms with Crippen molar-refractivity contribution in [2.45, 2.75) is 76.8 Å². The molecular formula is C65H80ClF2N9O10S. The fourth-order valence-corrected chi connectivity index (χ4v) is 13.0. The number of aromatic hydroxyl groups is 1. The molecule has 23 heteroatoms. The minimum absolute atomic E-state index is 0.0157. The van der Waals surface area contributed by atoms with E-state index in [1.165, 1.54) is 35.6 Å². The summed E-state index contributed by atoms with van der Waals surface area (Å²) in [6, 6.07) is 16.8. The molecule has 3 amide bonds. The van der Waals surface area contributed by atoms with Crippen molar-refractivity contribution in [3.63, 3.8) is 0 Å². The van der Waals surface area contributed by atoms with Crippen LogP contribution < -0.4 is 20.3 Å². The molecule has 9 rings (SSSR count). The van der Waals surface area contributed by atoms with Crippen LogP contribution in [0.2, 0.25) is 5.02 Å². The molecule has 19 nitrogen and oxygen atoms in total. The van der Waals surface area contributed by atoms with Gasteiger partial charge in [-0.3, -0.25) is 19.2 Å². The molecule has 1 aliphatic carbocycles. The molecule has 1 saturated carbocycles. The van der Waals surface area contributed by atoms with Crippen LogP contribution in [0.3, 0.4) is 0 Å². The maximum absolute atomic E-state index is 16.5. The third-order valence-electron chi connectivity index (χ3n) is 16.8. The van der Waals surface area contributed by atoms with Gasteiger partial charge >= 0.3 is 0 Å². The number of amides is 3. The highest BCUT2D eigenvalue weighted by molar-refractivity contribution is 7.10. The third-order valence-corrected chi connectivity index (χ3v) is 18.0. The molecule has 2 aliphatic heterocycles. The number of piperazine rings is 1. The lowest BCUT2D eigenvalue weighted by Crippen LogP contribution is -2.48. The van der Waals surface area contributed by atoms with Crippen LogP contribution in [0.25, 0.3) is 44.1 Å². The summed E-state index contributed by atoms with van der Waals surface area (Å²) in [5, 5.41) is 21.7. The number of rotatable bonds is 31. The number of fused-ring (bicyclic) bond motifs is 2. The van der Waals surface area contributed by atoms with E-state index in [9.17, 15) is 24.3 Å². The van der Waals surface area contributed by atoms with E-state index in [4.69, 9.17) is 45.3 Å². The first-order valence-electron chi connectivity index (χ1n) is 30.5. The van der Waals surface area contributed by atoms with Gasteiger partial charge in [0.05, 0.1) is 81.2 Å². The lowest BCUT2D eigenvalue weighted by atomic mass is 9.76. The summed E-state index contributed by atoms with van der Waals surface area (Å²) in [5.74, 6) is -1.49. The first kappa shape index (κ1) is 65.5. The number of likely N-dealkylation sites (tertiary alicyclic amines) is 1. The van der Waals surface area contributed by atoms with Gasteiger partial charge in [-0.15, -0.1) is 11.3 Å². The van der Waals surface area contributed by atoms with Crippen molar-refractivity contribution < 1.29 is 56.7 Å². The predicted octanol–water partition coefficient (Wildman–Crippen LogP) is 9.88. The first-order chi connectivity index (χ1) is 42.8. The molecule has 0 unspecified atom stereocenters. The number of Topliss-reactive ketones (excluding diaryl/α,β-unsaturated/α-hetero) is 1. The smallest absolute Gasteiger partial charge is 0.246 e. The van der Waals surface area contributed by atoms with Crippen LogP contribution in [0.5, 0.6) is 11.5 Å². The first-order valence-corrected chi connectivity index (χ1v) is 31.7. The van der Waals surface area contributed by atoms with E-state index in [1.807, 2.05) is 47.1 Å². The van der Waals surface area contributed by atoms with Crippen LogP contribution in [0.1, 0.15) is 75.8 Å². The molecule has 0 bridgehead atoms. The van der Waals surface area contributed by atoms with E-state index in [1.54, 1.807) is 30.3 Å². The van der Waals surface area contributed by atoms with Crippen molar-refractivity contribution in [2.75, 3.05) is 130 Å². The van der Waals surface area contributed by atoms with Crippen molar-refractivity contribution >= 4 is 79.9 Å². The number of carbonyl (C=O) groups is 4. The lowest BCUT2D eigenvalue weighted by molar-refractivity contribution is -0.141. The molecule has 4 aromatic carbocycles. The highest BCUT2D eigenvalue weighted by Gasteiger charge is 2.40.